The molecule has 3 heterocycles. The molecule has 0 amide bonds. The Morgan fingerprint density at radius 2 is 1.43 bits per heavy atom. The third-order valence-electron chi connectivity index (χ3n) is 8.03. The molecule has 0 fully saturated rings. The van der Waals surface area contributed by atoms with E-state index in [1.807, 2.05) is 92.8 Å². The number of ether oxygens (including phenoxy) is 2. The van der Waals surface area contributed by atoms with Gasteiger partial charge in [-0.15, -0.1) is 0 Å². The maximum Gasteiger partial charge on any atom is 0.361 e. The van der Waals surface area contributed by atoms with E-state index in [1.54, 1.807) is 18.2 Å². The summed E-state index contributed by atoms with van der Waals surface area (Å²) in [6.07, 6.45) is 1.82. The monoisotopic (exact) mass is 595 g/mol. The summed E-state index contributed by atoms with van der Waals surface area (Å²) in [5.41, 5.74) is 3.97. The molecule has 0 aliphatic heterocycles. The minimum Gasteiger partial charge on any atom is -0.508 e. The molecule has 3 aromatic heterocycles. The number of aromatic hydroxyl groups is 2. The second-order valence-corrected chi connectivity index (χ2v) is 11.8. The average Bonchev–Trinajstić information content (AvgIpc) is 3.32. The molecule has 6 aromatic rings. The van der Waals surface area contributed by atoms with Crippen LogP contribution >= 0.6 is 0 Å². The van der Waals surface area contributed by atoms with Crippen molar-refractivity contribution < 1.29 is 24.1 Å². The van der Waals surface area contributed by atoms with Gasteiger partial charge in [0.1, 0.15) is 35.8 Å². The summed E-state index contributed by atoms with van der Waals surface area (Å²) >= 11 is 0. The van der Waals surface area contributed by atoms with E-state index in [0.717, 1.165) is 33.0 Å². The van der Waals surface area contributed by atoms with Crippen molar-refractivity contribution in [1.82, 2.24) is 14.2 Å². The molecule has 0 saturated carbocycles. The lowest BCUT2D eigenvalue weighted by molar-refractivity contribution is 0.227. The Labute approximate surface area is 255 Å². The molecular weight excluding hydrogens is 558 g/mol. The number of phenolic OH excluding ortho intramolecular Hbond substituents is 2. The summed E-state index contributed by atoms with van der Waals surface area (Å²) in [6.45, 7) is 5.96. The predicted octanol–water partition coefficient (Wildman–Crippen LogP) is 5.93. The number of pyridine rings is 1. The van der Waals surface area contributed by atoms with Crippen LogP contribution in [0.1, 0.15) is 11.1 Å². The quantitative estimate of drug-likeness (QED) is 0.199. The van der Waals surface area contributed by atoms with Gasteiger partial charge in [0.05, 0.1) is 5.52 Å². The Kier molecular flexibility index (Phi) is 7.61. The lowest BCUT2D eigenvalue weighted by Gasteiger charge is -2.17. The summed E-state index contributed by atoms with van der Waals surface area (Å²) < 4.78 is 20.2. The molecule has 9 nitrogen and oxygen atoms in total. The third-order valence-corrected chi connectivity index (χ3v) is 8.03. The molecule has 0 aliphatic rings. The van der Waals surface area contributed by atoms with E-state index in [0.29, 0.717) is 65.2 Å². The third kappa shape index (κ3) is 5.18. The summed E-state index contributed by atoms with van der Waals surface area (Å²) in [5, 5.41) is 24.3. The van der Waals surface area contributed by atoms with Crippen LogP contribution in [0.15, 0.2) is 63.9 Å². The van der Waals surface area contributed by atoms with E-state index in [2.05, 4.69) is 0 Å². The van der Waals surface area contributed by atoms with Crippen molar-refractivity contribution in [2.75, 3.05) is 54.5 Å². The molecule has 2 N–H and O–H groups in total. The topological polar surface area (TPSA) is 100 Å². The molecule has 0 aliphatic carbocycles. The summed E-state index contributed by atoms with van der Waals surface area (Å²) in [7, 11) is 7.92. The highest BCUT2D eigenvalue weighted by Gasteiger charge is 2.24. The second kappa shape index (κ2) is 11.4. The highest BCUT2D eigenvalue weighted by molar-refractivity contribution is 6.21. The lowest BCUT2D eigenvalue weighted by atomic mass is 9.96. The van der Waals surface area contributed by atoms with Crippen molar-refractivity contribution in [2.45, 2.75) is 13.8 Å². The van der Waals surface area contributed by atoms with Crippen LogP contribution in [-0.4, -0.2) is 78.9 Å². The van der Waals surface area contributed by atoms with Gasteiger partial charge in [-0.25, -0.2) is 4.79 Å². The first-order valence-electron chi connectivity index (χ1n) is 14.6. The van der Waals surface area contributed by atoms with Crippen molar-refractivity contribution in [3.63, 3.8) is 0 Å². The minimum absolute atomic E-state index is 0.153. The largest absolute Gasteiger partial charge is 0.508 e. The molecule has 0 spiro atoms. The highest BCUT2D eigenvalue weighted by Crippen LogP contribution is 2.45. The lowest BCUT2D eigenvalue weighted by Crippen LogP contribution is -2.21. The van der Waals surface area contributed by atoms with Gasteiger partial charge in [-0.05, 0) is 94.4 Å². The number of fused-ring (bicyclic) bond motifs is 7. The first-order chi connectivity index (χ1) is 21.0. The number of nitrogens with zero attached hydrogens (tertiary/aromatic N) is 3. The van der Waals surface area contributed by atoms with Crippen molar-refractivity contribution in [2.24, 2.45) is 0 Å². The number of aromatic nitrogens is 1. The van der Waals surface area contributed by atoms with Crippen LogP contribution < -0.4 is 15.1 Å². The van der Waals surface area contributed by atoms with Crippen molar-refractivity contribution in [3.8, 4) is 34.1 Å². The van der Waals surface area contributed by atoms with E-state index in [9.17, 15) is 15.0 Å². The molecule has 0 radical (unpaired) electrons. The van der Waals surface area contributed by atoms with Gasteiger partial charge in [-0.1, -0.05) is 12.1 Å². The number of benzene rings is 3. The van der Waals surface area contributed by atoms with Crippen LogP contribution in [-0.2, 0) is 0 Å². The van der Waals surface area contributed by atoms with Crippen LogP contribution in [0, 0.1) is 13.8 Å². The highest BCUT2D eigenvalue weighted by atomic mass is 16.5. The fourth-order valence-electron chi connectivity index (χ4n) is 5.59. The molecule has 6 rings (SSSR count). The predicted molar refractivity (Wildman–Crippen MR) is 175 cm³/mol. The minimum atomic E-state index is -0.500. The number of phenols is 2. The van der Waals surface area contributed by atoms with Crippen LogP contribution in [0.3, 0.4) is 0 Å². The molecule has 9 heteroatoms. The molecule has 3 aromatic carbocycles. The average molecular weight is 596 g/mol. The number of hydrogen-bond donors (Lipinski definition) is 2. The van der Waals surface area contributed by atoms with E-state index in [1.165, 1.54) is 0 Å². The van der Waals surface area contributed by atoms with Crippen LogP contribution in [0.5, 0.6) is 23.0 Å². The van der Waals surface area contributed by atoms with Gasteiger partial charge < -0.3 is 38.3 Å². The molecule has 0 saturated heterocycles. The van der Waals surface area contributed by atoms with Crippen LogP contribution in [0.25, 0.3) is 49.3 Å². The normalized spacial score (nSPS) is 12.0. The standard InChI is InChI=1S/C35H37N3O6/c1-20-7-8-23(17-26(20)39)31-32-25-18-29(42-13-11-36(3)4)30(43-14-12-37(5)6)19-28(25)44-35(41)34(32)38-10-9-22-16-27(40)21(2)15-24(22)33(31)38/h7-10,15-19,39-40H,11-14H2,1-6H3. The van der Waals surface area contributed by atoms with Gasteiger partial charge in [0.15, 0.2) is 11.5 Å². The number of hydrogen-bond acceptors (Lipinski definition) is 8. The fraction of sp³-hybridized carbons (Fsp3) is 0.286. The summed E-state index contributed by atoms with van der Waals surface area (Å²) in [4.78, 5) is 17.9. The van der Waals surface area contributed by atoms with Crippen molar-refractivity contribution in [1.29, 1.82) is 0 Å². The van der Waals surface area contributed by atoms with Gasteiger partial charge in [0, 0.05) is 47.1 Å². The zero-order valence-corrected chi connectivity index (χ0v) is 25.9. The Morgan fingerprint density at radius 3 is 2.09 bits per heavy atom. The summed E-state index contributed by atoms with van der Waals surface area (Å²) in [5.74, 6) is 1.39. The van der Waals surface area contributed by atoms with Crippen molar-refractivity contribution >= 4 is 38.2 Å². The summed E-state index contributed by atoms with van der Waals surface area (Å²) in [6, 6.07) is 14.7. The number of rotatable bonds is 9. The first kappa shape index (κ1) is 29.3. The SMILES string of the molecule is Cc1ccc(-c2c3c4cc(OCCN(C)C)c(OCCN(C)C)cc4oc(=O)c3n3ccc4cc(O)c(C)cc4c23)cc1O. The van der Waals surface area contributed by atoms with E-state index < -0.39 is 5.63 Å². The van der Waals surface area contributed by atoms with Gasteiger partial charge in [0.25, 0.3) is 0 Å². The maximum absolute atomic E-state index is 13.8. The Bertz CT molecular complexity index is 2110. The van der Waals surface area contributed by atoms with Crippen LogP contribution in [0.2, 0.25) is 0 Å². The molecule has 0 bridgehead atoms. The molecule has 44 heavy (non-hydrogen) atoms. The van der Waals surface area contributed by atoms with E-state index in [4.69, 9.17) is 13.9 Å². The van der Waals surface area contributed by atoms with E-state index >= 15 is 0 Å². The molecular formula is C35H37N3O6. The van der Waals surface area contributed by atoms with Gasteiger partial charge in [-0.2, -0.15) is 0 Å². The van der Waals surface area contributed by atoms with Gasteiger partial charge >= 0.3 is 5.63 Å². The van der Waals surface area contributed by atoms with Gasteiger partial charge in [-0.3, -0.25) is 0 Å². The number of likely N-dealkylation sites (N-methyl/N-ethyl adjacent to an activating group) is 2. The maximum atomic E-state index is 13.8. The van der Waals surface area contributed by atoms with Gasteiger partial charge in [0.2, 0.25) is 0 Å². The fourth-order valence-corrected chi connectivity index (χ4v) is 5.59. The Balaban J connectivity index is 1.73. The smallest absolute Gasteiger partial charge is 0.361 e. The molecule has 228 valence electrons. The van der Waals surface area contributed by atoms with Crippen molar-refractivity contribution in [3.05, 3.63) is 76.3 Å². The zero-order chi connectivity index (χ0) is 31.3. The molecule has 0 unspecified atom stereocenters. The number of aryl methyl sites for hydroxylation is 2. The van der Waals surface area contributed by atoms with E-state index in [-0.39, 0.29) is 11.5 Å². The Morgan fingerprint density at radius 1 is 0.773 bits per heavy atom. The Hall–Kier alpha value is -4.73. The zero-order valence-electron chi connectivity index (χ0n) is 25.9. The van der Waals surface area contributed by atoms with Crippen LogP contribution in [0.4, 0.5) is 0 Å². The first-order valence-corrected chi connectivity index (χ1v) is 14.6. The molecule has 0 atom stereocenters. The second-order valence-electron chi connectivity index (χ2n) is 11.8.